The standard InChI is InChI=1S/C53H32N4O/c1-3-14-35(15-4-1)51-54-31-38(32-55-51)48-30-47(56-52(57-48)36-16-5-2-6-17-36)37-26-25-34-24-23-33-13-7-10-20-43(33)53(45(34)27-37)44-21-11-8-18-39(44)41-29-50-42(28-46(41)53)40-19-9-12-22-49(40)58-50/h1-32H. The van der Waals surface area contributed by atoms with E-state index in [9.17, 15) is 0 Å². The Balaban J connectivity index is 1.11. The maximum Gasteiger partial charge on any atom is 0.160 e. The van der Waals surface area contributed by atoms with Gasteiger partial charge in [-0.25, -0.2) is 19.9 Å². The highest BCUT2D eigenvalue weighted by Gasteiger charge is 2.49. The minimum absolute atomic E-state index is 0.636. The molecule has 0 saturated carbocycles. The summed E-state index contributed by atoms with van der Waals surface area (Å²) in [5.41, 5.74) is 16.1. The molecule has 1 atom stereocenters. The van der Waals surface area contributed by atoms with Crippen molar-refractivity contribution >= 4 is 34.1 Å². The molecule has 1 spiro atoms. The minimum atomic E-state index is -0.636. The van der Waals surface area contributed by atoms with Gasteiger partial charge in [-0.1, -0.05) is 152 Å². The largest absolute Gasteiger partial charge is 0.456 e. The molecule has 0 radical (unpaired) electrons. The van der Waals surface area contributed by atoms with Gasteiger partial charge in [0, 0.05) is 45.4 Å². The zero-order valence-corrected chi connectivity index (χ0v) is 31.2. The molecule has 5 nitrogen and oxygen atoms in total. The molecule has 0 aliphatic heterocycles. The molecule has 2 aliphatic rings. The van der Waals surface area contributed by atoms with Crippen molar-refractivity contribution in [3.63, 3.8) is 0 Å². The summed E-state index contributed by atoms with van der Waals surface area (Å²) in [5.74, 6) is 1.31. The van der Waals surface area contributed by atoms with Crippen molar-refractivity contribution in [2.45, 2.75) is 5.41 Å². The molecule has 2 aliphatic carbocycles. The Morgan fingerprint density at radius 1 is 0.379 bits per heavy atom. The smallest absolute Gasteiger partial charge is 0.160 e. The molecule has 1 unspecified atom stereocenters. The molecule has 12 rings (SSSR count). The van der Waals surface area contributed by atoms with Gasteiger partial charge in [-0.3, -0.25) is 0 Å². The van der Waals surface area contributed by atoms with Gasteiger partial charge in [0.15, 0.2) is 11.6 Å². The Labute approximate surface area is 334 Å². The molecule has 0 saturated heterocycles. The van der Waals surface area contributed by atoms with Crippen molar-refractivity contribution in [1.82, 2.24) is 19.9 Å². The van der Waals surface area contributed by atoms with E-state index in [1.165, 1.54) is 38.9 Å². The quantitative estimate of drug-likeness (QED) is 0.180. The summed E-state index contributed by atoms with van der Waals surface area (Å²) in [4.78, 5) is 19.9. The van der Waals surface area contributed by atoms with E-state index in [0.717, 1.165) is 61.1 Å². The van der Waals surface area contributed by atoms with Crippen molar-refractivity contribution in [3.8, 4) is 56.4 Å². The van der Waals surface area contributed by atoms with Crippen molar-refractivity contribution in [2.75, 3.05) is 0 Å². The first-order chi connectivity index (χ1) is 28.7. The van der Waals surface area contributed by atoms with Gasteiger partial charge in [0.05, 0.1) is 16.8 Å². The summed E-state index contributed by atoms with van der Waals surface area (Å²) in [7, 11) is 0. The lowest BCUT2D eigenvalue weighted by Crippen LogP contribution is -2.30. The van der Waals surface area contributed by atoms with Crippen LogP contribution in [0.3, 0.4) is 0 Å². The van der Waals surface area contributed by atoms with E-state index in [0.29, 0.717) is 11.6 Å². The Bertz CT molecular complexity index is 3280. The molecule has 3 heterocycles. The van der Waals surface area contributed by atoms with Gasteiger partial charge in [-0.15, -0.1) is 0 Å². The van der Waals surface area contributed by atoms with E-state index in [1.54, 1.807) is 0 Å². The van der Waals surface area contributed by atoms with Crippen LogP contribution in [0.5, 0.6) is 0 Å². The molecular weight excluding hydrogens is 709 g/mol. The van der Waals surface area contributed by atoms with Gasteiger partial charge in [0.1, 0.15) is 11.2 Å². The van der Waals surface area contributed by atoms with Gasteiger partial charge in [-0.2, -0.15) is 0 Å². The second-order valence-corrected chi connectivity index (χ2v) is 15.0. The van der Waals surface area contributed by atoms with Crippen LogP contribution >= 0.6 is 0 Å². The summed E-state index contributed by atoms with van der Waals surface area (Å²) >= 11 is 0. The topological polar surface area (TPSA) is 64.7 Å². The van der Waals surface area contributed by atoms with E-state index in [-0.39, 0.29) is 0 Å². The Kier molecular flexibility index (Phi) is 7.07. The number of aromatic nitrogens is 4. The molecule has 0 fully saturated rings. The first-order valence-corrected chi connectivity index (χ1v) is 19.5. The molecule has 3 aromatic heterocycles. The van der Waals surface area contributed by atoms with Crippen molar-refractivity contribution in [2.24, 2.45) is 0 Å². The molecule has 58 heavy (non-hydrogen) atoms. The number of para-hydroxylation sites is 1. The number of nitrogens with zero attached hydrogens (tertiary/aromatic N) is 4. The predicted octanol–water partition coefficient (Wildman–Crippen LogP) is 12.7. The fourth-order valence-corrected chi connectivity index (χ4v) is 9.22. The van der Waals surface area contributed by atoms with Crippen LogP contribution in [0.4, 0.5) is 0 Å². The number of benzene rings is 7. The maximum absolute atomic E-state index is 6.50. The molecular formula is C53H32N4O. The lowest BCUT2D eigenvalue weighted by Gasteiger charge is -2.35. The summed E-state index contributed by atoms with van der Waals surface area (Å²) in [5, 5.41) is 2.23. The van der Waals surface area contributed by atoms with Gasteiger partial charge in [0.25, 0.3) is 0 Å². The predicted molar refractivity (Wildman–Crippen MR) is 233 cm³/mol. The highest BCUT2D eigenvalue weighted by Crippen LogP contribution is 2.59. The SMILES string of the molecule is C1=Cc2ccc(-c3cc(-c4cnc(-c5ccccc5)nc4)nc(-c4ccccc4)n3)cc2C2(c3ccccc31)c1ccccc1-c1cc3oc4ccccc4c3cc12. The number of hydrogen-bond donors (Lipinski definition) is 0. The number of furan rings is 1. The van der Waals surface area contributed by atoms with E-state index < -0.39 is 5.41 Å². The lowest BCUT2D eigenvalue weighted by atomic mass is 9.65. The van der Waals surface area contributed by atoms with Gasteiger partial charge >= 0.3 is 0 Å². The third-order valence-electron chi connectivity index (χ3n) is 11.8. The van der Waals surface area contributed by atoms with Crippen LogP contribution in [0.25, 0.3) is 90.5 Å². The van der Waals surface area contributed by atoms with E-state index in [2.05, 4.69) is 127 Å². The zero-order chi connectivity index (χ0) is 38.2. The second-order valence-electron chi connectivity index (χ2n) is 15.0. The van der Waals surface area contributed by atoms with Crippen LogP contribution in [0.2, 0.25) is 0 Å². The van der Waals surface area contributed by atoms with Crippen LogP contribution in [-0.2, 0) is 5.41 Å². The highest BCUT2D eigenvalue weighted by molar-refractivity contribution is 6.08. The zero-order valence-electron chi connectivity index (χ0n) is 31.2. The Hall–Kier alpha value is -7.76. The third kappa shape index (κ3) is 4.83. The minimum Gasteiger partial charge on any atom is -0.456 e. The monoisotopic (exact) mass is 740 g/mol. The fourth-order valence-electron chi connectivity index (χ4n) is 9.22. The van der Waals surface area contributed by atoms with Crippen LogP contribution in [-0.4, -0.2) is 19.9 Å². The van der Waals surface area contributed by atoms with Gasteiger partial charge in [-0.05, 0) is 74.8 Å². The normalized spacial score (nSPS) is 14.9. The molecule has 0 amide bonds. The van der Waals surface area contributed by atoms with Crippen LogP contribution in [0.15, 0.2) is 187 Å². The maximum atomic E-state index is 6.50. The lowest BCUT2D eigenvalue weighted by molar-refractivity contribution is 0.668. The average Bonchev–Trinajstić information content (AvgIpc) is 3.75. The molecule has 0 N–H and O–H groups in total. The number of fused-ring (bicyclic) bond motifs is 12. The summed E-state index contributed by atoms with van der Waals surface area (Å²) in [6, 6.07) is 59.8. The Morgan fingerprint density at radius 2 is 1.02 bits per heavy atom. The van der Waals surface area contributed by atoms with E-state index >= 15 is 0 Å². The Morgan fingerprint density at radius 3 is 1.81 bits per heavy atom. The van der Waals surface area contributed by atoms with Gasteiger partial charge < -0.3 is 4.42 Å². The molecule has 10 aromatic rings. The van der Waals surface area contributed by atoms with Crippen molar-refractivity contribution in [1.29, 1.82) is 0 Å². The number of hydrogen-bond acceptors (Lipinski definition) is 5. The van der Waals surface area contributed by atoms with Crippen LogP contribution < -0.4 is 0 Å². The third-order valence-corrected chi connectivity index (χ3v) is 11.8. The second kappa shape index (κ2) is 12.6. The molecule has 5 heteroatoms. The average molecular weight is 741 g/mol. The summed E-state index contributed by atoms with van der Waals surface area (Å²) in [6.07, 6.45) is 8.25. The highest BCUT2D eigenvalue weighted by atomic mass is 16.3. The fraction of sp³-hybridized carbons (Fsp3) is 0.0189. The van der Waals surface area contributed by atoms with E-state index in [1.807, 2.05) is 67.0 Å². The van der Waals surface area contributed by atoms with Crippen molar-refractivity contribution in [3.05, 3.63) is 216 Å². The summed E-state index contributed by atoms with van der Waals surface area (Å²) in [6.45, 7) is 0. The van der Waals surface area contributed by atoms with E-state index in [4.69, 9.17) is 24.4 Å². The molecule has 270 valence electrons. The first-order valence-electron chi connectivity index (χ1n) is 19.5. The molecule has 0 bridgehead atoms. The number of rotatable bonds is 4. The first kappa shape index (κ1) is 32.5. The van der Waals surface area contributed by atoms with Crippen LogP contribution in [0, 0.1) is 0 Å². The van der Waals surface area contributed by atoms with Crippen molar-refractivity contribution < 1.29 is 4.42 Å². The summed E-state index contributed by atoms with van der Waals surface area (Å²) < 4.78 is 6.50. The molecule has 7 aromatic carbocycles. The van der Waals surface area contributed by atoms with Crippen LogP contribution in [0.1, 0.15) is 33.4 Å². The van der Waals surface area contributed by atoms with Gasteiger partial charge in [0.2, 0.25) is 0 Å².